The molecule has 2 aromatic carbocycles. The molecule has 0 saturated heterocycles. The van der Waals surface area contributed by atoms with Gasteiger partial charge in [-0.2, -0.15) is 4.98 Å². The first-order valence-electron chi connectivity index (χ1n) is 8.04. The number of ether oxygens (including phenoxy) is 2. The van der Waals surface area contributed by atoms with Crippen LogP contribution in [-0.2, 0) is 0 Å². The highest BCUT2D eigenvalue weighted by molar-refractivity contribution is 9.10. The van der Waals surface area contributed by atoms with Gasteiger partial charge in [-0.05, 0) is 72.6 Å². The molecule has 0 bridgehead atoms. The smallest absolute Gasteiger partial charge is 0.258 e. The van der Waals surface area contributed by atoms with E-state index in [4.69, 9.17) is 25.6 Å². The summed E-state index contributed by atoms with van der Waals surface area (Å²) in [6.07, 6.45) is 0.0422. The van der Waals surface area contributed by atoms with Gasteiger partial charge in [-0.15, -0.1) is 0 Å². The Labute approximate surface area is 165 Å². The molecule has 0 radical (unpaired) electrons. The molecule has 0 fully saturated rings. The number of nitrogens with zero attached hydrogens (tertiary/aromatic N) is 2. The summed E-state index contributed by atoms with van der Waals surface area (Å²) in [7, 11) is 1.60. The molecule has 0 aliphatic carbocycles. The Bertz CT molecular complexity index is 941. The summed E-state index contributed by atoms with van der Waals surface area (Å²) in [4.78, 5) is 4.50. The van der Waals surface area contributed by atoms with Crippen molar-refractivity contribution < 1.29 is 14.0 Å². The van der Waals surface area contributed by atoms with Gasteiger partial charge in [0.25, 0.3) is 5.89 Å². The molecule has 0 N–H and O–H groups in total. The molecule has 1 aromatic heterocycles. The lowest BCUT2D eigenvalue weighted by molar-refractivity contribution is 0.242. The number of rotatable bonds is 5. The number of aryl methyl sites for hydroxylation is 1. The summed E-state index contributed by atoms with van der Waals surface area (Å²) in [6, 6.07) is 9.30. The topological polar surface area (TPSA) is 57.4 Å². The second-order valence-corrected chi connectivity index (χ2v) is 7.32. The lowest BCUT2D eigenvalue weighted by atomic mass is 10.1. The van der Waals surface area contributed by atoms with E-state index in [1.165, 1.54) is 0 Å². The van der Waals surface area contributed by atoms with E-state index in [9.17, 15) is 0 Å². The van der Waals surface area contributed by atoms with Crippen molar-refractivity contribution in [3.8, 4) is 34.3 Å². The first-order valence-corrected chi connectivity index (χ1v) is 9.21. The average Bonchev–Trinajstić information content (AvgIpc) is 3.05. The fourth-order valence-electron chi connectivity index (χ4n) is 2.54. The Balaban J connectivity index is 1.98. The molecule has 0 saturated carbocycles. The predicted octanol–water partition coefficient (Wildman–Crippen LogP) is 5.92. The standard InChI is InChI=1S/C19H18BrClN2O3/c1-10(2)25-16-6-5-12(9-15(16)21)19-22-18(23-26-19)13-7-11(3)8-14(20)17(13)24-4/h5-10H,1-4H3. The lowest BCUT2D eigenvalue weighted by Crippen LogP contribution is -2.05. The predicted molar refractivity (Wildman–Crippen MR) is 105 cm³/mol. The molecule has 0 spiro atoms. The van der Waals surface area contributed by atoms with Gasteiger partial charge in [0, 0.05) is 5.56 Å². The number of methoxy groups -OCH3 is 1. The van der Waals surface area contributed by atoms with E-state index in [0.717, 1.165) is 21.2 Å². The Morgan fingerprint density at radius 3 is 2.62 bits per heavy atom. The Morgan fingerprint density at radius 1 is 1.19 bits per heavy atom. The van der Waals surface area contributed by atoms with Crippen LogP contribution in [0.2, 0.25) is 5.02 Å². The molecule has 0 aliphatic heterocycles. The third-order valence-electron chi connectivity index (χ3n) is 3.60. The van der Waals surface area contributed by atoms with Gasteiger partial charge in [0.1, 0.15) is 11.5 Å². The highest BCUT2D eigenvalue weighted by Crippen LogP contribution is 2.37. The molecule has 0 unspecified atom stereocenters. The van der Waals surface area contributed by atoms with Crippen LogP contribution < -0.4 is 9.47 Å². The van der Waals surface area contributed by atoms with Crippen LogP contribution in [-0.4, -0.2) is 23.4 Å². The summed E-state index contributed by atoms with van der Waals surface area (Å²) in [5, 5.41) is 4.59. The molecule has 3 aromatic rings. The van der Waals surface area contributed by atoms with E-state index in [-0.39, 0.29) is 6.10 Å². The summed E-state index contributed by atoms with van der Waals surface area (Å²) in [5.41, 5.74) is 2.52. The lowest BCUT2D eigenvalue weighted by Gasteiger charge is -2.11. The minimum atomic E-state index is 0.0422. The van der Waals surface area contributed by atoms with E-state index >= 15 is 0 Å². The van der Waals surface area contributed by atoms with Gasteiger partial charge in [-0.1, -0.05) is 16.8 Å². The van der Waals surface area contributed by atoms with E-state index < -0.39 is 0 Å². The van der Waals surface area contributed by atoms with Gasteiger partial charge in [0.2, 0.25) is 5.82 Å². The zero-order chi connectivity index (χ0) is 18.8. The molecule has 0 amide bonds. The largest absolute Gasteiger partial charge is 0.495 e. The average molecular weight is 438 g/mol. The quantitative estimate of drug-likeness (QED) is 0.495. The number of hydrogen-bond donors (Lipinski definition) is 0. The van der Waals surface area contributed by atoms with Gasteiger partial charge >= 0.3 is 0 Å². The van der Waals surface area contributed by atoms with Gasteiger partial charge in [-0.25, -0.2) is 0 Å². The van der Waals surface area contributed by atoms with Crippen molar-refractivity contribution in [1.29, 1.82) is 0 Å². The summed E-state index contributed by atoms with van der Waals surface area (Å²) in [6.45, 7) is 5.88. The first-order chi connectivity index (χ1) is 12.4. The second-order valence-electron chi connectivity index (χ2n) is 6.06. The third kappa shape index (κ3) is 3.86. The van der Waals surface area contributed by atoms with Crippen molar-refractivity contribution in [2.75, 3.05) is 7.11 Å². The van der Waals surface area contributed by atoms with Crippen LogP contribution in [0.1, 0.15) is 19.4 Å². The van der Waals surface area contributed by atoms with Crippen LogP contribution in [0.15, 0.2) is 39.3 Å². The van der Waals surface area contributed by atoms with E-state index in [2.05, 4.69) is 26.1 Å². The summed E-state index contributed by atoms with van der Waals surface area (Å²) < 4.78 is 17.4. The molecule has 136 valence electrons. The maximum absolute atomic E-state index is 6.30. The summed E-state index contributed by atoms with van der Waals surface area (Å²) in [5.74, 6) is 2.09. The van der Waals surface area contributed by atoms with Crippen molar-refractivity contribution >= 4 is 27.5 Å². The molecule has 5 nitrogen and oxygen atoms in total. The van der Waals surface area contributed by atoms with Gasteiger partial charge in [0.05, 0.1) is 28.3 Å². The van der Waals surface area contributed by atoms with Crippen molar-refractivity contribution in [3.63, 3.8) is 0 Å². The molecule has 26 heavy (non-hydrogen) atoms. The maximum atomic E-state index is 6.30. The van der Waals surface area contributed by atoms with Crippen molar-refractivity contribution in [3.05, 3.63) is 45.4 Å². The van der Waals surface area contributed by atoms with Crippen molar-refractivity contribution in [1.82, 2.24) is 10.1 Å². The number of hydrogen-bond acceptors (Lipinski definition) is 5. The van der Waals surface area contributed by atoms with E-state index in [1.807, 2.05) is 39.0 Å². The zero-order valence-corrected chi connectivity index (χ0v) is 17.2. The van der Waals surface area contributed by atoms with E-state index in [1.54, 1.807) is 19.2 Å². The highest BCUT2D eigenvalue weighted by atomic mass is 79.9. The molecule has 0 atom stereocenters. The fraction of sp³-hybridized carbons (Fsp3) is 0.263. The Kier molecular flexibility index (Phi) is 5.53. The number of benzene rings is 2. The molecule has 1 heterocycles. The van der Waals surface area contributed by atoms with Crippen molar-refractivity contribution in [2.24, 2.45) is 0 Å². The van der Waals surface area contributed by atoms with Crippen LogP contribution in [0.4, 0.5) is 0 Å². The van der Waals surface area contributed by atoms with Crippen LogP contribution in [0.5, 0.6) is 11.5 Å². The molecule has 0 aliphatic rings. The Morgan fingerprint density at radius 2 is 1.96 bits per heavy atom. The zero-order valence-electron chi connectivity index (χ0n) is 14.8. The maximum Gasteiger partial charge on any atom is 0.258 e. The van der Waals surface area contributed by atoms with Gasteiger partial charge in [-0.3, -0.25) is 0 Å². The van der Waals surface area contributed by atoms with Crippen LogP contribution in [0.3, 0.4) is 0 Å². The highest BCUT2D eigenvalue weighted by Gasteiger charge is 2.18. The number of halogens is 2. The number of aromatic nitrogens is 2. The van der Waals surface area contributed by atoms with E-state index in [0.29, 0.717) is 28.2 Å². The molecular weight excluding hydrogens is 420 g/mol. The molecule has 7 heteroatoms. The van der Waals surface area contributed by atoms with Crippen LogP contribution >= 0.6 is 27.5 Å². The minimum Gasteiger partial charge on any atom is -0.495 e. The monoisotopic (exact) mass is 436 g/mol. The molecule has 3 rings (SSSR count). The van der Waals surface area contributed by atoms with Crippen LogP contribution in [0, 0.1) is 6.92 Å². The van der Waals surface area contributed by atoms with Crippen molar-refractivity contribution in [2.45, 2.75) is 26.9 Å². The third-order valence-corrected chi connectivity index (χ3v) is 4.48. The van der Waals surface area contributed by atoms with Gasteiger partial charge < -0.3 is 14.0 Å². The Hall–Kier alpha value is -2.05. The SMILES string of the molecule is COc1c(Br)cc(C)cc1-c1noc(-c2ccc(OC(C)C)c(Cl)c2)n1. The fourth-order valence-corrected chi connectivity index (χ4v) is 3.50. The van der Waals surface area contributed by atoms with Crippen LogP contribution in [0.25, 0.3) is 22.8 Å². The minimum absolute atomic E-state index is 0.0422. The first kappa shape index (κ1) is 18.7. The second kappa shape index (κ2) is 7.68. The summed E-state index contributed by atoms with van der Waals surface area (Å²) >= 11 is 9.80. The van der Waals surface area contributed by atoms with Gasteiger partial charge in [0.15, 0.2) is 0 Å². The normalized spacial score (nSPS) is 11.0. The molecular formula is C19H18BrClN2O3.